The Balaban J connectivity index is 2.15. The number of carboxylic acids is 1. The lowest BCUT2D eigenvalue weighted by Gasteiger charge is -2.24. The van der Waals surface area contributed by atoms with Gasteiger partial charge in [0, 0.05) is 6.54 Å². The highest BCUT2D eigenvalue weighted by Crippen LogP contribution is 2.28. The highest BCUT2D eigenvalue weighted by atomic mass is 19.1. The van der Waals surface area contributed by atoms with Crippen LogP contribution in [-0.4, -0.2) is 29.7 Å². The van der Waals surface area contributed by atoms with E-state index in [0.717, 1.165) is 5.56 Å². The standard InChI is InChI=1S/C15H19FN2O3/c1-3-9(2)13(14(19)20)17-15(21)18-7-6-10-4-5-11(16)8-12(10)18/h4-5,8-9,13H,3,6-7H2,1-2H3,(H,17,21)(H,19,20)/t9?,13-/m0/s1. The molecule has 2 atom stereocenters. The minimum atomic E-state index is -1.06. The van der Waals surface area contributed by atoms with Crippen LogP contribution in [0.3, 0.4) is 0 Å². The molecule has 0 bridgehead atoms. The molecule has 0 aromatic heterocycles. The highest BCUT2D eigenvalue weighted by molar-refractivity contribution is 5.96. The number of halogens is 1. The monoisotopic (exact) mass is 294 g/mol. The van der Waals surface area contributed by atoms with Crippen molar-refractivity contribution in [1.82, 2.24) is 5.32 Å². The van der Waals surface area contributed by atoms with Crippen LogP contribution in [0.1, 0.15) is 25.8 Å². The van der Waals surface area contributed by atoms with Crippen LogP contribution in [0.5, 0.6) is 0 Å². The number of anilines is 1. The Hall–Kier alpha value is -2.11. The number of hydrogen-bond acceptors (Lipinski definition) is 2. The van der Waals surface area contributed by atoms with E-state index in [-0.39, 0.29) is 5.92 Å². The van der Waals surface area contributed by atoms with Crippen LogP contribution in [-0.2, 0) is 11.2 Å². The number of carbonyl (C=O) groups is 2. The molecule has 1 aliphatic rings. The van der Waals surface area contributed by atoms with Crippen LogP contribution in [0.25, 0.3) is 0 Å². The van der Waals surface area contributed by atoms with E-state index >= 15 is 0 Å². The third kappa shape index (κ3) is 3.15. The Labute approximate surface area is 122 Å². The summed E-state index contributed by atoms with van der Waals surface area (Å²) in [6.45, 7) is 4.07. The zero-order valence-corrected chi connectivity index (χ0v) is 12.1. The maximum Gasteiger partial charge on any atom is 0.326 e. The fourth-order valence-corrected chi connectivity index (χ4v) is 2.46. The molecule has 1 aromatic carbocycles. The van der Waals surface area contributed by atoms with Gasteiger partial charge in [0.1, 0.15) is 11.9 Å². The van der Waals surface area contributed by atoms with Gasteiger partial charge in [-0.25, -0.2) is 14.0 Å². The summed E-state index contributed by atoms with van der Waals surface area (Å²) in [6.07, 6.45) is 1.28. The molecular weight excluding hydrogens is 275 g/mol. The highest BCUT2D eigenvalue weighted by Gasteiger charge is 2.30. The third-order valence-corrected chi connectivity index (χ3v) is 3.95. The van der Waals surface area contributed by atoms with Crippen molar-refractivity contribution in [3.63, 3.8) is 0 Å². The number of carboxylic acid groups (broad SMARTS) is 1. The van der Waals surface area contributed by atoms with Gasteiger partial charge in [0.2, 0.25) is 0 Å². The zero-order valence-electron chi connectivity index (χ0n) is 12.1. The maximum absolute atomic E-state index is 13.3. The predicted octanol–water partition coefficient (Wildman–Crippen LogP) is 2.40. The summed E-state index contributed by atoms with van der Waals surface area (Å²) in [5.74, 6) is -1.65. The second-order valence-electron chi connectivity index (χ2n) is 5.33. The smallest absolute Gasteiger partial charge is 0.326 e. The molecule has 0 saturated carbocycles. The average Bonchev–Trinajstić information content (AvgIpc) is 2.86. The number of fused-ring (bicyclic) bond motifs is 1. The molecule has 5 nitrogen and oxygen atoms in total. The largest absolute Gasteiger partial charge is 0.480 e. The summed E-state index contributed by atoms with van der Waals surface area (Å²) in [5.41, 5.74) is 1.41. The SMILES string of the molecule is CCC(C)[C@H](NC(=O)N1CCc2ccc(F)cc21)C(=O)O. The molecule has 0 saturated heterocycles. The second kappa shape index (κ2) is 6.11. The van der Waals surface area contributed by atoms with Crippen molar-refractivity contribution < 1.29 is 19.1 Å². The van der Waals surface area contributed by atoms with Gasteiger partial charge >= 0.3 is 12.0 Å². The van der Waals surface area contributed by atoms with Crippen LogP contribution in [0.15, 0.2) is 18.2 Å². The van der Waals surface area contributed by atoms with Crippen LogP contribution in [0, 0.1) is 11.7 Å². The number of aliphatic carboxylic acids is 1. The average molecular weight is 294 g/mol. The lowest BCUT2D eigenvalue weighted by atomic mass is 9.99. The summed E-state index contributed by atoms with van der Waals surface area (Å²) in [6, 6.07) is 2.88. The number of hydrogen-bond donors (Lipinski definition) is 2. The Bertz CT molecular complexity index is 562. The van der Waals surface area contributed by atoms with E-state index in [9.17, 15) is 19.1 Å². The maximum atomic E-state index is 13.3. The number of urea groups is 1. The minimum Gasteiger partial charge on any atom is -0.480 e. The molecule has 1 aliphatic heterocycles. The van der Waals surface area contributed by atoms with E-state index in [2.05, 4.69) is 5.32 Å². The molecule has 2 N–H and O–H groups in total. The van der Waals surface area contributed by atoms with Gasteiger partial charge in [0.25, 0.3) is 0 Å². The van der Waals surface area contributed by atoms with Crippen molar-refractivity contribution in [2.75, 3.05) is 11.4 Å². The quantitative estimate of drug-likeness (QED) is 0.896. The molecule has 0 spiro atoms. The molecule has 2 amide bonds. The first-order chi connectivity index (χ1) is 9.93. The molecule has 1 unspecified atom stereocenters. The van der Waals surface area contributed by atoms with Gasteiger partial charge in [-0.05, 0) is 30.0 Å². The first-order valence-corrected chi connectivity index (χ1v) is 7.03. The number of nitrogens with one attached hydrogen (secondary N) is 1. The van der Waals surface area contributed by atoms with Crippen LogP contribution in [0.2, 0.25) is 0 Å². The van der Waals surface area contributed by atoms with E-state index in [4.69, 9.17) is 0 Å². The molecule has 6 heteroatoms. The molecule has 21 heavy (non-hydrogen) atoms. The summed E-state index contributed by atoms with van der Waals surface area (Å²) >= 11 is 0. The van der Waals surface area contributed by atoms with E-state index in [0.29, 0.717) is 25.1 Å². The lowest BCUT2D eigenvalue weighted by molar-refractivity contribution is -0.140. The Kier molecular flexibility index (Phi) is 4.45. The molecule has 2 rings (SSSR count). The molecular formula is C15H19FN2O3. The summed E-state index contributed by atoms with van der Waals surface area (Å²) in [4.78, 5) is 24.9. The van der Waals surface area contributed by atoms with E-state index in [1.165, 1.54) is 17.0 Å². The van der Waals surface area contributed by atoms with Crippen molar-refractivity contribution in [3.05, 3.63) is 29.6 Å². The lowest BCUT2D eigenvalue weighted by Crippen LogP contribution is -2.50. The van der Waals surface area contributed by atoms with Crippen LogP contribution >= 0.6 is 0 Å². The number of nitrogens with zero attached hydrogens (tertiary/aromatic N) is 1. The fraction of sp³-hybridized carbons (Fsp3) is 0.467. The van der Waals surface area contributed by atoms with Gasteiger partial charge in [-0.15, -0.1) is 0 Å². The zero-order chi connectivity index (χ0) is 15.6. The summed E-state index contributed by atoms with van der Waals surface area (Å²) < 4.78 is 13.3. The topological polar surface area (TPSA) is 69.6 Å². The van der Waals surface area contributed by atoms with Gasteiger partial charge in [0.15, 0.2) is 0 Å². The number of benzene rings is 1. The van der Waals surface area contributed by atoms with E-state index in [1.807, 2.05) is 6.92 Å². The normalized spacial score (nSPS) is 16.2. The Morgan fingerprint density at radius 1 is 1.48 bits per heavy atom. The van der Waals surface area contributed by atoms with Gasteiger partial charge in [-0.2, -0.15) is 0 Å². The van der Waals surface area contributed by atoms with Crippen molar-refractivity contribution in [1.29, 1.82) is 0 Å². The number of carbonyl (C=O) groups excluding carboxylic acids is 1. The van der Waals surface area contributed by atoms with Crippen molar-refractivity contribution >= 4 is 17.7 Å². The molecule has 114 valence electrons. The Morgan fingerprint density at radius 2 is 2.19 bits per heavy atom. The van der Waals surface area contributed by atoms with Gasteiger partial charge in [0.05, 0.1) is 5.69 Å². The Morgan fingerprint density at radius 3 is 2.81 bits per heavy atom. The molecule has 1 heterocycles. The number of rotatable bonds is 4. The van der Waals surface area contributed by atoms with E-state index < -0.39 is 23.9 Å². The predicted molar refractivity (Wildman–Crippen MR) is 76.9 cm³/mol. The summed E-state index contributed by atoms with van der Waals surface area (Å²) in [5, 5.41) is 11.7. The first-order valence-electron chi connectivity index (χ1n) is 7.03. The number of amides is 2. The molecule has 0 fully saturated rings. The van der Waals surface area contributed by atoms with E-state index in [1.54, 1.807) is 13.0 Å². The van der Waals surface area contributed by atoms with Gasteiger partial charge < -0.3 is 10.4 Å². The van der Waals surface area contributed by atoms with Gasteiger partial charge in [-0.3, -0.25) is 4.90 Å². The summed E-state index contributed by atoms with van der Waals surface area (Å²) in [7, 11) is 0. The van der Waals surface area contributed by atoms with Crippen molar-refractivity contribution in [3.8, 4) is 0 Å². The molecule has 0 radical (unpaired) electrons. The third-order valence-electron chi connectivity index (χ3n) is 3.95. The van der Waals surface area contributed by atoms with Crippen LogP contribution in [0.4, 0.5) is 14.9 Å². The van der Waals surface area contributed by atoms with Crippen molar-refractivity contribution in [2.45, 2.75) is 32.7 Å². The fourth-order valence-electron chi connectivity index (χ4n) is 2.46. The van der Waals surface area contributed by atoms with Crippen molar-refractivity contribution in [2.24, 2.45) is 5.92 Å². The molecule has 1 aromatic rings. The van der Waals surface area contributed by atoms with Gasteiger partial charge in [-0.1, -0.05) is 26.3 Å². The second-order valence-corrected chi connectivity index (χ2v) is 5.33. The van der Waals surface area contributed by atoms with Crippen LogP contribution < -0.4 is 10.2 Å². The minimum absolute atomic E-state index is 0.180. The first kappa shape index (κ1) is 15.3. The molecule has 0 aliphatic carbocycles.